The largest absolute Gasteiger partial charge is 0.497 e. The molecule has 94 valence electrons. The zero-order valence-electron chi connectivity index (χ0n) is 9.72. The first-order valence-corrected chi connectivity index (χ1v) is 7.04. The van der Waals surface area contributed by atoms with Crippen LogP contribution in [0.15, 0.2) is 29.2 Å². The van der Waals surface area contributed by atoms with Gasteiger partial charge in [0.15, 0.2) is 9.84 Å². The Kier molecular flexibility index (Phi) is 3.14. The van der Waals surface area contributed by atoms with Crippen LogP contribution in [0, 0.1) is 0 Å². The van der Waals surface area contributed by atoms with Crippen molar-refractivity contribution in [3.05, 3.63) is 24.3 Å². The Balaban J connectivity index is 2.37. The Morgan fingerprint density at radius 2 is 1.88 bits per heavy atom. The normalized spacial score (nSPS) is 18.5. The molecule has 1 fully saturated rings. The third-order valence-corrected chi connectivity index (χ3v) is 6.06. The molecule has 0 bridgehead atoms. The Hall–Kier alpha value is -1.07. The number of aliphatic hydroxyl groups excluding tert-OH is 1. The van der Waals surface area contributed by atoms with E-state index in [1.54, 1.807) is 12.1 Å². The molecular weight excluding hydrogens is 240 g/mol. The van der Waals surface area contributed by atoms with E-state index in [2.05, 4.69) is 0 Å². The van der Waals surface area contributed by atoms with Crippen LogP contribution in [0.25, 0.3) is 0 Å². The summed E-state index contributed by atoms with van der Waals surface area (Å²) in [6.45, 7) is -0.304. The van der Waals surface area contributed by atoms with Crippen LogP contribution in [-0.4, -0.2) is 32.0 Å². The van der Waals surface area contributed by atoms with Gasteiger partial charge in [0.2, 0.25) is 0 Å². The fourth-order valence-electron chi connectivity index (χ4n) is 2.09. The highest BCUT2D eigenvalue weighted by molar-refractivity contribution is 7.93. The third kappa shape index (κ3) is 1.83. The Bertz CT molecular complexity index is 480. The number of hydrogen-bond acceptors (Lipinski definition) is 4. The molecule has 0 radical (unpaired) electrons. The van der Waals surface area contributed by atoms with E-state index in [4.69, 9.17) is 4.74 Å². The summed E-state index contributed by atoms with van der Waals surface area (Å²) in [4.78, 5) is 0.257. The minimum Gasteiger partial charge on any atom is -0.497 e. The predicted molar refractivity (Wildman–Crippen MR) is 63.8 cm³/mol. The quantitative estimate of drug-likeness (QED) is 0.884. The molecule has 1 aromatic carbocycles. The molecular formula is C12H16O4S. The number of aliphatic hydroxyl groups is 1. The highest BCUT2D eigenvalue weighted by atomic mass is 32.2. The van der Waals surface area contributed by atoms with E-state index >= 15 is 0 Å². The number of hydrogen-bond donors (Lipinski definition) is 1. The van der Waals surface area contributed by atoms with E-state index in [9.17, 15) is 13.5 Å². The average molecular weight is 256 g/mol. The smallest absolute Gasteiger partial charge is 0.186 e. The van der Waals surface area contributed by atoms with Crippen LogP contribution < -0.4 is 4.74 Å². The summed E-state index contributed by atoms with van der Waals surface area (Å²) in [6, 6.07) is 6.31. The summed E-state index contributed by atoms with van der Waals surface area (Å²) >= 11 is 0. The van der Waals surface area contributed by atoms with E-state index in [1.807, 2.05) is 0 Å². The van der Waals surface area contributed by atoms with Crippen LogP contribution in [0.4, 0.5) is 0 Å². The SMILES string of the molecule is COc1ccc(S(=O)(=O)C2(CO)CCC2)cc1. The van der Waals surface area contributed by atoms with Gasteiger partial charge in [0.25, 0.3) is 0 Å². The van der Waals surface area contributed by atoms with Crippen molar-refractivity contribution in [3.63, 3.8) is 0 Å². The van der Waals surface area contributed by atoms with Gasteiger partial charge in [-0.25, -0.2) is 8.42 Å². The van der Waals surface area contributed by atoms with E-state index in [1.165, 1.54) is 19.2 Å². The van der Waals surface area contributed by atoms with Crippen LogP contribution in [0.5, 0.6) is 5.75 Å². The van der Waals surface area contributed by atoms with Gasteiger partial charge < -0.3 is 9.84 Å². The maximum atomic E-state index is 12.4. The summed E-state index contributed by atoms with van der Waals surface area (Å²) in [7, 11) is -1.91. The van der Waals surface area contributed by atoms with Crippen LogP contribution in [-0.2, 0) is 9.84 Å². The molecule has 17 heavy (non-hydrogen) atoms. The molecule has 0 heterocycles. The van der Waals surface area contributed by atoms with Gasteiger partial charge in [0.05, 0.1) is 23.4 Å². The molecule has 0 spiro atoms. The highest BCUT2D eigenvalue weighted by Crippen LogP contribution is 2.42. The number of rotatable bonds is 4. The second kappa shape index (κ2) is 4.31. The molecule has 1 aromatic rings. The van der Waals surface area contributed by atoms with Crippen molar-refractivity contribution in [3.8, 4) is 5.75 Å². The Morgan fingerprint density at radius 1 is 1.29 bits per heavy atom. The topological polar surface area (TPSA) is 63.6 Å². The van der Waals surface area contributed by atoms with Gasteiger partial charge in [-0.3, -0.25) is 0 Å². The van der Waals surface area contributed by atoms with Crippen LogP contribution in [0.2, 0.25) is 0 Å². The average Bonchev–Trinajstić information content (AvgIpc) is 2.28. The maximum absolute atomic E-state index is 12.4. The van der Waals surface area contributed by atoms with E-state index in [-0.39, 0.29) is 11.5 Å². The van der Waals surface area contributed by atoms with Crippen molar-refractivity contribution in [1.82, 2.24) is 0 Å². The predicted octanol–water partition coefficient (Wildman–Crippen LogP) is 1.38. The van der Waals surface area contributed by atoms with Gasteiger partial charge in [0.1, 0.15) is 5.75 Å². The minimum absolute atomic E-state index is 0.257. The summed E-state index contributed by atoms with van der Waals surface area (Å²) in [5.74, 6) is 0.621. The lowest BCUT2D eigenvalue weighted by Gasteiger charge is -2.39. The fourth-order valence-corrected chi connectivity index (χ4v) is 4.08. The molecule has 5 heteroatoms. The third-order valence-electron chi connectivity index (χ3n) is 3.49. The summed E-state index contributed by atoms with van der Waals surface area (Å²) < 4.78 is 28.8. The molecule has 0 saturated heterocycles. The zero-order valence-corrected chi connectivity index (χ0v) is 10.5. The van der Waals surface area contributed by atoms with Gasteiger partial charge >= 0.3 is 0 Å². The lowest BCUT2D eigenvalue weighted by atomic mass is 9.85. The number of benzene rings is 1. The van der Waals surface area contributed by atoms with Gasteiger partial charge in [-0.05, 0) is 37.1 Å². The van der Waals surface area contributed by atoms with Crippen molar-refractivity contribution in [2.45, 2.75) is 28.9 Å². The van der Waals surface area contributed by atoms with Crippen molar-refractivity contribution in [2.75, 3.05) is 13.7 Å². The summed E-state index contributed by atoms with van der Waals surface area (Å²) in [5, 5.41) is 9.33. The van der Waals surface area contributed by atoms with Crippen LogP contribution >= 0.6 is 0 Å². The first-order chi connectivity index (χ1) is 8.05. The summed E-state index contributed by atoms with van der Waals surface area (Å²) in [6.07, 6.45) is 1.94. The Labute approximate surface area is 101 Å². The first-order valence-electron chi connectivity index (χ1n) is 5.55. The zero-order chi connectivity index (χ0) is 12.5. The molecule has 0 amide bonds. The van der Waals surface area contributed by atoms with Crippen molar-refractivity contribution in [2.24, 2.45) is 0 Å². The number of methoxy groups -OCH3 is 1. The lowest BCUT2D eigenvalue weighted by molar-refractivity contribution is 0.181. The molecule has 0 aromatic heterocycles. The van der Waals surface area contributed by atoms with Gasteiger partial charge in [-0.1, -0.05) is 6.42 Å². The molecule has 2 rings (SSSR count). The fraction of sp³-hybridized carbons (Fsp3) is 0.500. The minimum atomic E-state index is -3.44. The second-order valence-electron chi connectivity index (χ2n) is 4.37. The van der Waals surface area contributed by atoms with E-state index in [0.29, 0.717) is 18.6 Å². The van der Waals surface area contributed by atoms with Gasteiger partial charge in [-0.15, -0.1) is 0 Å². The molecule has 1 aliphatic carbocycles. The van der Waals surface area contributed by atoms with Gasteiger partial charge in [-0.2, -0.15) is 0 Å². The lowest BCUT2D eigenvalue weighted by Crippen LogP contribution is -2.48. The molecule has 0 aliphatic heterocycles. The van der Waals surface area contributed by atoms with Crippen molar-refractivity contribution >= 4 is 9.84 Å². The van der Waals surface area contributed by atoms with Crippen LogP contribution in [0.1, 0.15) is 19.3 Å². The molecule has 0 atom stereocenters. The van der Waals surface area contributed by atoms with E-state index in [0.717, 1.165) is 6.42 Å². The first kappa shape index (κ1) is 12.4. The standard InChI is InChI=1S/C12H16O4S/c1-16-10-3-5-11(6-4-10)17(14,15)12(9-13)7-2-8-12/h3-6,13H,2,7-9H2,1H3. The molecule has 1 saturated carbocycles. The number of ether oxygens (including phenoxy) is 1. The van der Waals surface area contributed by atoms with E-state index < -0.39 is 14.6 Å². The molecule has 4 nitrogen and oxygen atoms in total. The second-order valence-corrected chi connectivity index (χ2v) is 6.72. The maximum Gasteiger partial charge on any atom is 0.186 e. The Morgan fingerprint density at radius 3 is 2.24 bits per heavy atom. The van der Waals surface area contributed by atoms with Crippen molar-refractivity contribution < 1.29 is 18.3 Å². The summed E-state index contributed by atoms with van der Waals surface area (Å²) in [5.41, 5.74) is 0. The number of sulfone groups is 1. The molecule has 1 N–H and O–H groups in total. The molecule has 0 unspecified atom stereocenters. The monoisotopic (exact) mass is 256 g/mol. The van der Waals surface area contributed by atoms with Gasteiger partial charge in [0, 0.05) is 0 Å². The molecule has 1 aliphatic rings. The van der Waals surface area contributed by atoms with Crippen LogP contribution in [0.3, 0.4) is 0 Å². The van der Waals surface area contributed by atoms with Crippen molar-refractivity contribution in [1.29, 1.82) is 0 Å². The highest BCUT2D eigenvalue weighted by Gasteiger charge is 2.49.